The second-order valence-corrected chi connectivity index (χ2v) is 3.72. The molecule has 0 amide bonds. The van der Waals surface area contributed by atoms with Gasteiger partial charge in [-0.15, -0.1) is 0 Å². The van der Waals surface area contributed by atoms with Gasteiger partial charge in [-0.05, 0) is 6.42 Å². The Morgan fingerprint density at radius 3 is 2.08 bits per heavy atom. The predicted octanol–water partition coefficient (Wildman–Crippen LogP) is 4.02. The zero-order chi connectivity index (χ0) is 9.45. The van der Waals surface area contributed by atoms with Crippen molar-refractivity contribution < 1.29 is 13.2 Å². The van der Waals surface area contributed by atoms with Gasteiger partial charge >= 0.3 is 5.51 Å². The first-order valence-electron chi connectivity index (χ1n) is 4.06. The van der Waals surface area contributed by atoms with Gasteiger partial charge in [0.25, 0.3) is 0 Å². The lowest BCUT2D eigenvalue weighted by atomic mass is 10.2. The lowest BCUT2D eigenvalue weighted by Crippen LogP contribution is -2.01. The topological polar surface area (TPSA) is 0 Å². The third-order valence-corrected chi connectivity index (χ3v) is 2.23. The normalized spacial score (nSPS) is 12.0. The molecular weight excluding hydrogens is 185 g/mol. The van der Waals surface area contributed by atoms with Crippen LogP contribution in [-0.2, 0) is 0 Å². The Morgan fingerprint density at radius 1 is 1.00 bits per heavy atom. The van der Waals surface area contributed by atoms with Crippen molar-refractivity contribution in [3.63, 3.8) is 0 Å². The average Bonchev–Trinajstić information content (AvgIpc) is 1.94. The van der Waals surface area contributed by atoms with E-state index in [0.29, 0.717) is 6.42 Å². The summed E-state index contributed by atoms with van der Waals surface area (Å²) in [6, 6.07) is 0. The Bertz CT molecular complexity index is 101. The van der Waals surface area contributed by atoms with Crippen molar-refractivity contribution >= 4 is 11.8 Å². The summed E-state index contributed by atoms with van der Waals surface area (Å²) in [5.74, 6) is 0.195. The fourth-order valence-corrected chi connectivity index (χ4v) is 1.40. The number of halogens is 3. The number of hydrogen-bond acceptors (Lipinski definition) is 1. The van der Waals surface area contributed by atoms with Crippen molar-refractivity contribution in [1.82, 2.24) is 0 Å². The molecule has 4 heteroatoms. The smallest absolute Gasteiger partial charge is 0.160 e. The highest BCUT2D eigenvalue weighted by molar-refractivity contribution is 8.00. The van der Waals surface area contributed by atoms with Crippen LogP contribution < -0.4 is 0 Å². The summed E-state index contributed by atoms with van der Waals surface area (Å²) in [6.45, 7) is 3.66. The molecule has 0 N–H and O–H groups in total. The minimum absolute atomic E-state index is 0.0760. The third-order valence-electron chi connectivity index (χ3n) is 1.41. The van der Waals surface area contributed by atoms with Crippen molar-refractivity contribution in [2.75, 3.05) is 5.75 Å². The van der Waals surface area contributed by atoms with Crippen molar-refractivity contribution in [3.05, 3.63) is 6.92 Å². The van der Waals surface area contributed by atoms with Crippen LogP contribution in [0, 0.1) is 6.92 Å². The van der Waals surface area contributed by atoms with Crippen LogP contribution in [0.5, 0.6) is 0 Å². The summed E-state index contributed by atoms with van der Waals surface area (Å²) in [7, 11) is 0. The molecule has 0 fully saturated rings. The molecule has 0 heterocycles. The summed E-state index contributed by atoms with van der Waals surface area (Å²) < 4.78 is 34.8. The second-order valence-electron chi connectivity index (χ2n) is 2.56. The number of unbranched alkanes of at least 4 members (excludes halogenated alkanes) is 4. The molecule has 0 atom stereocenters. The number of thioether (sulfide) groups is 1. The van der Waals surface area contributed by atoms with Crippen molar-refractivity contribution in [1.29, 1.82) is 0 Å². The highest BCUT2D eigenvalue weighted by Gasteiger charge is 2.27. The van der Waals surface area contributed by atoms with Crippen LogP contribution >= 0.6 is 11.8 Å². The van der Waals surface area contributed by atoms with Crippen LogP contribution in [0.15, 0.2) is 0 Å². The largest absolute Gasteiger partial charge is 0.441 e. The molecule has 0 bridgehead atoms. The molecule has 12 heavy (non-hydrogen) atoms. The highest BCUT2D eigenvalue weighted by atomic mass is 32.2. The van der Waals surface area contributed by atoms with Gasteiger partial charge in [0.15, 0.2) is 0 Å². The number of hydrogen-bond donors (Lipinski definition) is 0. The Labute approximate surface area is 75.9 Å². The van der Waals surface area contributed by atoms with Crippen molar-refractivity contribution in [2.45, 2.75) is 37.6 Å². The standard InChI is InChI=1S/C8H14F3S/c1-2-3-4-5-6-7-12-8(9,10)11/h1-7H2. The Hall–Kier alpha value is 0.140. The van der Waals surface area contributed by atoms with Crippen molar-refractivity contribution in [2.24, 2.45) is 0 Å². The van der Waals surface area contributed by atoms with Gasteiger partial charge in [0.05, 0.1) is 0 Å². The molecule has 0 saturated carbocycles. The van der Waals surface area contributed by atoms with Gasteiger partial charge in [-0.3, -0.25) is 0 Å². The lowest BCUT2D eigenvalue weighted by molar-refractivity contribution is -0.0328. The maximum Gasteiger partial charge on any atom is 0.441 e. The quantitative estimate of drug-likeness (QED) is 0.582. The first-order chi connectivity index (χ1) is 5.56. The van der Waals surface area contributed by atoms with E-state index >= 15 is 0 Å². The molecule has 0 aliphatic carbocycles. The monoisotopic (exact) mass is 199 g/mol. The van der Waals surface area contributed by atoms with E-state index in [0.717, 1.165) is 25.7 Å². The van der Waals surface area contributed by atoms with E-state index in [2.05, 4.69) is 6.92 Å². The minimum atomic E-state index is -4.05. The van der Waals surface area contributed by atoms with Gasteiger partial charge in [-0.1, -0.05) is 44.4 Å². The average molecular weight is 199 g/mol. The van der Waals surface area contributed by atoms with Gasteiger partial charge in [-0.25, -0.2) is 0 Å². The molecule has 0 unspecified atom stereocenters. The van der Waals surface area contributed by atoms with E-state index in [9.17, 15) is 13.2 Å². The van der Waals surface area contributed by atoms with E-state index in [1.807, 2.05) is 0 Å². The predicted molar refractivity (Wildman–Crippen MR) is 47.0 cm³/mol. The molecule has 0 rings (SSSR count). The third kappa shape index (κ3) is 10.1. The second kappa shape index (κ2) is 6.63. The van der Waals surface area contributed by atoms with Crippen LogP contribution in [0.4, 0.5) is 13.2 Å². The first kappa shape index (κ1) is 12.1. The maximum absolute atomic E-state index is 11.6. The van der Waals surface area contributed by atoms with Gasteiger partial charge < -0.3 is 0 Å². The van der Waals surface area contributed by atoms with Gasteiger partial charge in [-0.2, -0.15) is 13.2 Å². The molecule has 0 aliphatic rings. The molecule has 0 aromatic heterocycles. The van der Waals surface area contributed by atoms with Gasteiger partial charge in [0, 0.05) is 5.75 Å². The van der Waals surface area contributed by atoms with Crippen LogP contribution in [0.3, 0.4) is 0 Å². The molecule has 0 spiro atoms. The Morgan fingerprint density at radius 2 is 1.58 bits per heavy atom. The Kier molecular flexibility index (Phi) is 6.71. The molecule has 0 saturated heterocycles. The highest BCUT2D eigenvalue weighted by Crippen LogP contribution is 2.30. The van der Waals surface area contributed by atoms with Crippen LogP contribution in [-0.4, -0.2) is 11.3 Å². The van der Waals surface area contributed by atoms with E-state index in [1.54, 1.807) is 0 Å². The summed E-state index contributed by atoms with van der Waals surface area (Å²) in [6.07, 6.45) is 4.45. The number of rotatable bonds is 6. The summed E-state index contributed by atoms with van der Waals surface area (Å²) >= 11 is 0.0760. The van der Waals surface area contributed by atoms with E-state index in [4.69, 9.17) is 0 Å². The van der Waals surface area contributed by atoms with Gasteiger partial charge in [0.1, 0.15) is 0 Å². The van der Waals surface area contributed by atoms with Crippen molar-refractivity contribution in [3.8, 4) is 0 Å². The van der Waals surface area contributed by atoms with Crippen LogP contribution in [0.25, 0.3) is 0 Å². The zero-order valence-electron chi connectivity index (χ0n) is 6.99. The molecule has 1 radical (unpaired) electrons. The zero-order valence-corrected chi connectivity index (χ0v) is 7.81. The van der Waals surface area contributed by atoms with Crippen LogP contribution in [0.1, 0.15) is 32.1 Å². The molecule has 0 aromatic carbocycles. The van der Waals surface area contributed by atoms with E-state index in [1.165, 1.54) is 0 Å². The lowest BCUT2D eigenvalue weighted by Gasteiger charge is -2.04. The van der Waals surface area contributed by atoms with Crippen LogP contribution in [0.2, 0.25) is 0 Å². The summed E-state index contributed by atoms with van der Waals surface area (Å²) in [4.78, 5) is 0. The van der Waals surface area contributed by atoms with E-state index in [-0.39, 0.29) is 17.5 Å². The summed E-state index contributed by atoms with van der Waals surface area (Å²) in [5.41, 5.74) is -4.05. The van der Waals surface area contributed by atoms with Gasteiger partial charge in [0.2, 0.25) is 0 Å². The summed E-state index contributed by atoms with van der Waals surface area (Å²) in [5, 5.41) is 0. The molecule has 0 nitrogen and oxygen atoms in total. The molecule has 73 valence electrons. The Balaban J connectivity index is 3.01. The molecule has 0 aromatic rings. The minimum Gasteiger partial charge on any atom is -0.160 e. The molecular formula is C8H14F3S. The maximum atomic E-state index is 11.6. The number of alkyl halides is 3. The SMILES string of the molecule is [CH2]CCCCCCSC(F)(F)F. The first-order valence-corrected chi connectivity index (χ1v) is 5.05. The molecule has 0 aliphatic heterocycles. The fraction of sp³-hybridized carbons (Fsp3) is 0.875. The van der Waals surface area contributed by atoms with E-state index < -0.39 is 5.51 Å². The fourth-order valence-electron chi connectivity index (χ4n) is 0.820.